The van der Waals surface area contributed by atoms with Gasteiger partial charge < -0.3 is 49.5 Å². The van der Waals surface area contributed by atoms with E-state index in [1.54, 1.807) is 24.7 Å². The zero-order valence-corrected chi connectivity index (χ0v) is 34.4. The third-order valence-electron chi connectivity index (χ3n) is 11.2. The number of hydrogen-bond donors (Lipinski definition) is 7. The van der Waals surface area contributed by atoms with Crippen molar-refractivity contribution >= 4 is 52.8 Å². The van der Waals surface area contributed by atoms with Crippen molar-refractivity contribution in [2.24, 2.45) is 0 Å². The lowest BCUT2D eigenvalue weighted by Crippen LogP contribution is -2.38. The van der Waals surface area contributed by atoms with Crippen LogP contribution in [0.2, 0.25) is 0 Å². The molecule has 15 heteroatoms. The molecule has 0 radical (unpaired) electrons. The maximum Gasteiger partial charge on any atom is 0.466 e. The Kier molecular flexibility index (Phi) is 14.0. The molecule has 4 aromatic heterocycles. The summed E-state index contributed by atoms with van der Waals surface area (Å²) in [6, 6.07) is 18.4. The number of carbonyl (C=O) groups excluding carboxylic acids is 2. The van der Waals surface area contributed by atoms with E-state index in [9.17, 15) is 9.59 Å². The van der Waals surface area contributed by atoms with E-state index < -0.39 is 7.82 Å². The summed E-state index contributed by atoms with van der Waals surface area (Å²) < 4.78 is 13.9. The van der Waals surface area contributed by atoms with Gasteiger partial charge in [-0.1, -0.05) is 27.7 Å². The molecule has 14 nitrogen and oxygen atoms in total. The highest BCUT2D eigenvalue weighted by molar-refractivity contribution is 7.45. The molecular formula is C43H54N7O7P. The number of aromatic amines is 2. The molecule has 0 fully saturated rings. The standard InChI is InChI=1S/C22H26N4O.C21H25N3O2.H3O4P/c1-3-26(4-2)17-8-10-21-19(13-17)18-12-15(7-9-20(18)25-21)22(27)24-16-6-5-11-23-14-16;1-3-24(4-2)16-6-8-20-18(12-16)17-11-14(5-7-19(17)23-20)21(25)22-15-9-10-26-13-15;1-5(2,3)4/h5-7,9,11-12,14,17,25H,3-4,8,10,13H2,1-2H3,(H,24,27);5,7,9-11,13,16,23H,3-4,6,8,12H2,1-2H3,(H,22,25);(H3,1,2,3,4). The predicted molar refractivity (Wildman–Crippen MR) is 227 cm³/mol. The number of aryl methyl sites for hydroxylation is 2. The Labute approximate surface area is 338 Å². The van der Waals surface area contributed by atoms with Crippen molar-refractivity contribution in [2.45, 2.75) is 78.3 Å². The fourth-order valence-electron chi connectivity index (χ4n) is 8.36. The molecule has 6 aromatic rings. The van der Waals surface area contributed by atoms with Gasteiger partial charge in [-0.2, -0.15) is 0 Å². The van der Waals surface area contributed by atoms with E-state index in [0.29, 0.717) is 34.6 Å². The lowest BCUT2D eigenvalue weighted by atomic mass is 9.90. The number of fused-ring (bicyclic) bond motifs is 6. The zero-order chi connectivity index (χ0) is 41.4. The number of rotatable bonds is 10. The number of anilines is 2. The Hall–Kier alpha value is -5.08. The molecule has 2 aromatic carbocycles. The number of hydrogen-bond acceptors (Lipinski definition) is 7. The van der Waals surface area contributed by atoms with Crippen LogP contribution in [0.4, 0.5) is 11.4 Å². The molecular weight excluding hydrogens is 757 g/mol. The highest BCUT2D eigenvalue weighted by Gasteiger charge is 2.27. The highest BCUT2D eigenvalue weighted by atomic mass is 31.2. The first-order chi connectivity index (χ1) is 27.9. The Morgan fingerprint density at radius 2 is 1.24 bits per heavy atom. The lowest BCUT2D eigenvalue weighted by molar-refractivity contribution is 0.101. The second-order valence-corrected chi connectivity index (χ2v) is 15.6. The molecule has 2 aliphatic rings. The number of H-pyrrole nitrogens is 2. The second kappa shape index (κ2) is 19.1. The van der Waals surface area contributed by atoms with Crippen LogP contribution in [0.5, 0.6) is 0 Å². The maximum atomic E-state index is 12.7. The molecule has 0 aliphatic heterocycles. The highest BCUT2D eigenvalue weighted by Crippen LogP contribution is 2.33. The van der Waals surface area contributed by atoms with E-state index >= 15 is 0 Å². The van der Waals surface area contributed by atoms with Gasteiger partial charge in [0, 0.05) is 62.6 Å². The largest absolute Gasteiger partial charge is 0.470 e. The summed E-state index contributed by atoms with van der Waals surface area (Å²) in [7, 11) is -4.64. The van der Waals surface area contributed by atoms with Crippen LogP contribution in [-0.2, 0) is 30.2 Å². The van der Waals surface area contributed by atoms with Crippen LogP contribution < -0.4 is 10.6 Å². The Morgan fingerprint density at radius 1 is 0.759 bits per heavy atom. The van der Waals surface area contributed by atoms with Crippen LogP contribution in [0.15, 0.2) is 83.9 Å². The summed E-state index contributed by atoms with van der Waals surface area (Å²) in [5, 5.41) is 8.15. The van der Waals surface area contributed by atoms with Gasteiger partial charge >= 0.3 is 7.82 Å². The molecule has 0 bridgehead atoms. The molecule has 2 aliphatic carbocycles. The monoisotopic (exact) mass is 811 g/mol. The number of carbonyl (C=O) groups is 2. The van der Waals surface area contributed by atoms with Crippen LogP contribution in [0.1, 0.15) is 83.8 Å². The number of phosphoric acid groups is 1. The third-order valence-corrected chi connectivity index (χ3v) is 11.2. The first-order valence-electron chi connectivity index (χ1n) is 20.0. The van der Waals surface area contributed by atoms with Gasteiger partial charge in [0.2, 0.25) is 0 Å². The molecule has 2 atom stereocenters. The molecule has 0 spiro atoms. The average Bonchev–Trinajstić information content (AvgIpc) is 3.96. The lowest BCUT2D eigenvalue weighted by Gasteiger charge is -2.32. The summed E-state index contributed by atoms with van der Waals surface area (Å²) in [4.78, 5) is 63.0. The first kappa shape index (κ1) is 42.5. The van der Waals surface area contributed by atoms with Gasteiger partial charge in [-0.15, -0.1) is 0 Å². The predicted octanol–water partition coefficient (Wildman–Crippen LogP) is 7.30. The molecule has 8 rings (SSSR count). The summed E-state index contributed by atoms with van der Waals surface area (Å²) in [5.74, 6) is -0.213. The van der Waals surface area contributed by atoms with Gasteiger partial charge in [-0.05, 0) is 130 Å². The number of likely N-dealkylation sites (N-methyl/N-ethyl adjacent to an activating group) is 2. The van der Waals surface area contributed by atoms with Crippen LogP contribution in [0, 0.1) is 0 Å². The smallest absolute Gasteiger partial charge is 0.466 e. The van der Waals surface area contributed by atoms with E-state index in [1.807, 2.05) is 48.5 Å². The number of amides is 2. The topological polar surface area (TPSA) is 200 Å². The summed E-state index contributed by atoms with van der Waals surface area (Å²) in [6.07, 6.45) is 13.0. The SMILES string of the molecule is CCN(CC)C1CCc2[nH]c3ccc(C(=O)Nc4cccnc4)cc3c2C1.CCN(CC)C1CCc2[nH]c3ccc(C(=O)Nc4ccoc4)cc3c2C1.O=P(O)(O)O. The number of pyridine rings is 1. The number of aromatic nitrogens is 3. The fraction of sp³-hybridized carbons (Fsp3) is 0.372. The van der Waals surface area contributed by atoms with Gasteiger partial charge in [0.1, 0.15) is 6.26 Å². The number of nitrogens with one attached hydrogen (secondary N) is 4. The minimum Gasteiger partial charge on any atom is -0.470 e. The molecule has 0 saturated carbocycles. The molecule has 7 N–H and O–H groups in total. The van der Waals surface area contributed by atoms with Crippen molar-refractivity contribution in [3.05, 3.63) is 113 Å². The van der Waals surface area contributed by atoms with Crippen LogP contribution in [0.3, 0.4) is 0 Å². The van der Waals surface area contributed by atoms with E-state index in [4.69, 9.17) is 23.7 Å². The second-order valence-electron chi connectivity index (χ2n) is 14.6. The minimum atomic E-state index is -4.64. The minimum absolute atomic E-state index is 0.101. The van der Waals surface area contributed by atoms with Crippen LogP contribution in [-0.4, -0.2) is 89.5 Å². The van der Waals surface area contributed by atoms with Gasteiger partial charge in [0.05, 0.1) is 23.8 Å². The van der Waals surface area contributed by atoms with Crippen molar-refractivity contribution in [3.63, 3.8) is 0 Å². The number of nitrogens with zero attached hydrogens (tertiary/aromatic N) is 3. The van der Waals surface area contributed by atoms with Crippen molar-refractivity contribution in [2.75, 3.05) is 36.8 Å². The molecule has 0 saturated heterocycles. The average molecular weight is 812 g/mol. The number of benzene rings is 2. The summed E-state index contributed by atoms with van der Waals surface area (Å²) in [6.45, 7) is 13.2. The van der Waals surface area contributed by atoms with E-state index in [1.165, 1.54) is 52.4 Å². The fourth-order valence-corrected chi connectivity index (χ4v) is 8.36. The quantitative estimate of drug-likeness (QED) is 0.0689. The Morgan fingerprint density at radius 3 is 1.66 bits per heavy atom. The number of furan rings is 1. The van der Waals surface area contributed by atoms with Gasteiger partial charge in [0.25, 0.3) is 11.8 Å². The summed E-state index contributed by atoms with van der Waals surface area (Å²) in [5.41, 5.74) is 10.4. The maximum absolute atomic E-state index is 12.7. The molecule has 58 heavy (non-hydrogen) atoms. The van der Waals surface area contributed by atoms with E-state index in [0.717, 1.165) is 62.9 Å². The normalized spacial score (nSPS) is 16.2. The van der Waals surface area contributed by atoms with Crippen molar-refractivity contribution < 1.29 is 33.3 Å². The van der Waals surface area contributed by atoms with Gasteiger partial charge in [0.15, 0.2) is 0 Å². The molecule has 308 valence electrons. The van der Waals surface area contributed by atoms with Crippen molar-refractivity contribution in [3.8, 4) is 0 Å². The molecule has 4 heterocycles. The van der Waals surface area contributed by atoms with Crippen LogP contribution in [0.25, 0.3) is 21.8 Å². The van der Waals surface area contributed by atoms with Crippen molar-refractivity contribution in [1.82, 2.24) is 24.8 Å². The van der Waals surface area contributed by atoms with Crippen molar-refractivity contribution in [1.29, 1.82) is 0 Å². The Balaban J connectivity index is 0.000000175. The third kappa shape index (κ3) is 10.5. The molecule has 2 unspecified atom stereocenters. The zero-order valence-electron chi connectivity index (χ0n) is 33.5. The Bertz CT molecular complexity index is 2340. The van der Waals surface area contributed by atoms with Gasteiger partial charge in [-0.25, -0.2) is 4.57 Å². The first-order valence-corrected chi connectivity index (χ1v) is 21.5. The van der Waals surface area contributed by atoms with Gasteiger partial charge in [-0.3, -0.25) is 14.6 Å². The summed E-state index contributed by atoms with van der Waals surface area (Å²) >= 11 is 0. The van der Waals surface area contributed by atoms with Crippen LogP contribution >= 0.6 is 7.82 Å². The molecule has 2 amide bonds. The van der Waals surface area contributed by atoms with E-state index in [2.05, 4.69) is 63.1 Å². The van der Waals surface area contributed by atoms with E-state index in [-0.39, 0.29) is 11.8 Å².